The van der Waals surface area contributed by atoms with Crippen LogP contribution in [-0.4, -0.2) is 16.3 Å². The zero-order chi connectivity index (χ0) is 19.7. The van der Waals surface area contributed by atoms with Crippen molar-refractivity contribution in [1.29, 1.82) is 0 Å². The van der Waals surface area contributed by atoms with E-state index in [2.05, 4.69) is 19.2 Å². The Morgan fingerprint density at radius 2 is 1.68 bits per heavy atom. The molecule has 0 saturated carbocycles. The van der Waals surface area contributed by atoms with Gasteiger partial charge < -0.3 is 9.88 Å². The second-order valence-electron chi connectivity index (χ2n) is 7.60. The van der Waals surface area contributed by atoms with Crippen LogP contribution in [0.15, 0.2) is 66.7 Å². The minimum absolute atomic E-state index is 0.00261. The maximum atomic E-state index is 12.8. The lowest BCUT2D eigenvalue weighted by atomic mass is 10.0. The third-order valence-corrected chi connectivity index (χ3v) is 5.44. The van der Waals surface area contributed by atoms with Gasteiger partial charge in [0.1, 0.15) is 0 Å². The Morgan fingerprint density at radius 3 is 2.36 bits per heavy atom. The van der Waals surface area contributed by atoms with Crippen molar-refractivity contribution in [3.05, 3.63) is 89.2 Å². The van der Waals surface area contributed by atoms with E-state index in [1.54, 1.807) is 0 Å². The number of rotatable bonds is 5. The first-order chi connectivity index (χ1) is 13.5. The number of nitrogens with zero attached hydrogens (tertiary/aromatic N) is 1. The zero-order valence-corrected chi connectivity index (χ0v) is 16.2. The standard InChI is InChI=1S/C24H24N2O2/c1-16(2)17-8-10-19(11-9-17)25-24(28)20-14-15-26-21(20)12-13-22(26)23(27)18-6-4-3-5-7-18/h3-13,16,20H,14-15H2,1-2H3,(H,25,28)/t20-/m1/s1. The van der Waals surface area contributed by atoms with Crippen molar-refractivity contribution >= 4 is 17.4 Å². The summed E-state index contributed by atoms with van der Waals surface area (Å²) in [6, 6.07) is 21.0. The van der Waals surface area contributed by atoms with Crippen molar-refractivity contribution < 1.29 is 9.59 Å². The quantitative estimate of drug-likeness (QED) is 0.643. The molecule has 2 aromatic carbocycles. The molecule has 1 aliphatic heterocycles. The Balaban J connectivity index is 1.51. The highest BCUT2D eigenvalue weighted by Crippen LogP contribution is 2.32. The molecule has 1 amide bonds. The van der Waals surface area contributed by atoms with Crippen LogP contribution in [0.25, 0.3) is 0 Å². The van der Waals surface area contributed by atoms with Crippen LogP contribution in [0.5, 0.6) is 0 Å². The fourth-order valence-electron chi connectivity index (χ4n) is 3.83. The van der Waals surface area contributed by atoms with Crippen LogP contribution in [0.3, 0.4) is 0 Å². The van der Waals surface area contributed by atoms with Crippen molar-refractivity contribution in [1.82, 2.24) is 4.57 Å². The number of carbonyl (C=O) groups excluding carboxylic acids is 2. The Labute approximate surface area is 165 Å². The summed E-state index contributed by atoms with van der Waals surface area (Å²) < 4.78 is 1.99. The molecule has 142 valence electrons. The molecule has 1 aromatic heterocycles. The predicted octanol–water partition coefficient (Wildman–Crippen LogP) is 4.97. The molecule has 4 heteroatoms. The third kappa shape index (κ3) is 3.38. The van der Waals surface area contributed by atoms with Crippen molar-refractivity contribution in [2.24, 2.45) is 0 Å². The normalized spacial score (nSPS) is 15.5. The van der Waals surface area contributed by atoms with Gasteiger partial charge in [-0.2, -0.15) is 0 Å². The van der Waals surface area contributed by atoms with Crippen molar-refractivity contribution in [2.45, 2.75) is 38.6 Å². The molecule has 2 heterocycles. The summed E-state index contributed by atoms with van der Waals surface area (Å²) >= 11 is 0. The molecule has 4 rings (SSSR count). The number of fused-ring (bicyclic) bond motifs is 1. The van der Waals surface area contributed by atoms with Crippen LogP contribution >= 0.6 is 0 Å². The van der Waals surface area contributed by atoms with E-state index < -0.39 is 0 Å². The Morgan fingerprint density at radius 1 is 0.964 bits per heavy atom. The van der Waals surface area contributed by atoms with Gasteiger partial charge in [-0.25, -0.2) is 0 Å². The fourth-order valence-corrected chi connectivity index (χ4v) is 3.83. The van der Waals surface area contributed by atoms with E-state index in [9.17, 15) is 9.59 Å². The number of amides is 1. The lowest BCUT2D eigenvalue weighted by molar-refractivity contribution is -0.117. The number of hydrogen-bond donors (Lipinski definition) is 1. The van der Waals surface area contributed by atoms with Gasteiger partial charge in [0.05, 0.1) is 11.6 Å². The molecule has 1 N–H and O–H groups in total. The lowest BCUT2D eigenvalue weighted by Gasteiger charge is -2.12. The number of carbonyl (C=O) groups is 2. The van der Waals surface area contributed by atoms with Gasteiger partial charge >= 0.3 is 0 Å². The third-order valence-electron chi connectivity index (χ3n) is 5.44. The Hall–Kier alpha value is -3.14. The van der Waals surface area contributed by atoms with E-state index in [4.69, 9.17) is 0 Å². The summed E-state index contributed by atoms with van der Waals surface area (Å²) in [6.07, 6.45) is 0.709. The molecule has 4 nitrogen and oxygen atoms in total. The van der Waals surface area contributed by atoms with Crippen LogP contribution < -0.4 is 5.32 Å². The average molecular weight is 372 g/mol. The first-order valence-electron chi connectivity index (χ1n) is 9.74. The van der Waals surface area contributed by atoms with Crippen LogP contribution in [0.2, 0.25) is 0 Å². The SMILES string of the molecule is CC(C)c1ccc(NC(=O)[C@@H]2CCn3c(C(=O)c4ccccc4)ccc32)cc1. The van der Waals surface area contributed by atoms with E-state index >= 15 is 0 Å². The number of hydrogen-bond acceptors (Lipinski definition) is 2. The smallest absolute Gasteiger partial charge is 0.233 e. The number of ketones is 1. The van der Waals surface area contributed by atoms with Crippen molar-refractivity contribution in [3.8, 4) is 0 Å². The van der Waals surface area contributed by atoms with Crippen LogP contribution in [0.1, 0.15) is 59.4 Å². The minimum Gasteiger partial charge on any atom is -0.341 e. The summed E-state index contributed by atoms with van der Waals surface area (Å²) in [5.74, 6) is 0.204. The number of benzene rings is 2. The van der Waals surface area contributed by atoms with Gasteiger partial charge in [-0.05, 0) is 42.2 Å². The van der Waals surface area contributed by atoms with Gasteiger partial charge in [0, 0.05) is 23.5 Å². The Kier molecular flexibility index (Phi) is 4.86. The topological polar surface area (TPSA) is 51.1 Å². The second-order valence-corrected chi connectivity index (χ2v) is 7.60. The number of nitrogens with one attached hydrogen (secondary N) is 1. The van der Waals surface area contributed by atoms with Gasteiger partial charge in [0.25, 0.3) is 0 Å². The summed E-state index contributed by atoms with van der Waals surface area (Å²) in [6.45, 7) is 4.98. The molecule has 0 fully saturated rings. The molecular weight excluding hydrogens is 348 g/mol. The largest absolute Gasteiger partial charge is 0.341 e. The molecule has 3 aromatic rings. The molecule has 0 unspecified atom stereocenters. The van der Waals surface area contributed by atoms with E-state index in [-0.39, 0.29) is 17.6 Å². The average Bonchev–Trinajstić information content (AvgIpc) is 3.30. The summed E-state index contributed by atoms with van der Waals surface area (Å²) in [4.78, 5) is 25.6. The first kappa shape index (κ1) is 18.2. The fraction of sp³-hybridized carbons (Fsp3) is 0.250. The highest BCUT2D eigenvalue weighted by molar-refractivity contribution is 6.08. The second kappa shape index (κ2) is 7.47. The van der Waals surface area contributed by atoms with E-state index in [1.165, 1.54) is 5.56 Å². The molecule has 0 radical (unpaired) electrons. The highest BCUT2D eigenvalue weighted by Gasteiger charge is 2.32. The molecule has 0 spiro atoms. The van der Waals surface area contributed by atoms with E-state index in [0.29, 0.717) is 30.1 Å². The van der Waals surface area contributed by atoms with E-state index in [0.717, 1.165) is 11.4 Å². The van der Waals surface area contributed by atoms with Crippen LogP contribution in [0, 0.1) is 0 Å². The molecule has 1 aliphatic rings. The molecule has 0 bridgehead atoms. The molecular formula is C24H24N2O2. The number of anilines is 1. The highest BCUT2D eigenvalue weighted by atomic mass is 16.2. The monoisotopic (exact) mass is 372 g/mol. The summed E-state index contributed by atoms with van der Waals surface area (Å²) in [7, 11) is 0. The van der Waals surface area contributed by atoms with Crippen molar-refractivity contribution in [2.75, 3.05) is 5.32 Å². The zero-order valence-electron chi connectivity index (χ0n) is 16.2. The van der Waals surface area contributed by atoms with Gasteiger partial charge in [0.2, 0.25) is 11.7 Å². The molecule has 28 heavy (non-hydrogen) atoms. The van der Waals surface area contributed by atoms with Crippen LogP contribution in [-0.2, 0) is 11.3 Å². The minimum atomic E-state index is -0.234. The van der Waals surface area contributed by atoms with Crippen LogP contribution in [0.4, 0.5) is 5.69 Å². The van der Waals surface area contributed by atoms with E-state index in [1.807, 2.05) is 71.3 Å². The van der Waals surface area contributed by atoms with Gasteiger partial charge in [-0.1, -0.05) is 56.3 Å². The van der Waals surface area contributed by atoms with Crippen molar-refractivity contribution in [3.63, 3.8) is 0 Å². The summed E-state index contributed by atoms with van der Waals surface area (Å²) in [5, 5.41) is 3.02. The maximum absolute atomic E-state index is 12.8. The lowest BCUT2D eigenvalue weighted by Crippen LogP contribution is -2.19. The molecule has 0 aliphatic carbocycles. The molecule has 0 saturated heterocycles. The predicted molar refractivity (Wildman–Crippen MR) is 111 cm³/mol. The maximum Gasteiger partial charge on any atom is 0.233 e. The first-order valence-corrected chi connectivity index (χ1v) is 9.74. The molecule has 1 atom stereocenters. The van der Waals surface area contributed by atoms with Gasteiger partial charge in [-0.3, -0.25) is 9.59 Å². The van der Waals surface area contributed by atoms with Gasteiger partial charge in [0.15, 0.2) is 0 Å². The Bertz CT molecular complexity index is 1000. The number of aromatic nitrogens is 1. The van der Waals surface area contributed by atoms with Gasteiger partial charge in [-0.15, -0.1) is 0 Å². The summed E-state index contributed by atoms with van der Waals surface area (Å²) in [5.41, 5.74) is 4.28.